The Hall–Kier alpha value is -3.23. The van der Waals surface area contributed by atoms with E-state index in [1.165, 1.54) is 5.57 Å². The molecule has 2 heterocycles. The fourth-order valence-corrected chi connectivity index (χ4v) is 5.99. The van der Waals surface area contributed by atoms with Crippen LogP contribution in [0.1, 0.15) is 45.2 Å². The number of rotatable bonds is 5. The van der Waals surface area contributed by atoms with E-state index in [1.807, 2.05) is 54.8 Å². The monoisotopic (exact) mass is 518 g/mol. The molecule has 36 heavy (non-hydrogen) atoms. The molecule has 1 fully saturated rings. The Bertz CT molecular complexity index is 1410. The van der Waals surface area contributed by atoms with Crippen LogP contribution in [0.15, 0.2) is 71.0 Å². The van der Waals surface area contributed by atoms with E-state index < -0.39 is 0 Å². The molecule has 0 saturated carbocycles. The molecular formula is C28H30N4O2S2. The number of hydrogen-bond donors (Lipinski definition) is 2. The summed E-state index contributed by atoms with van der Waals surface area (Å²) in [5, 5.41) is 14.6. The fourth-order valence-electron chi connectivity index (χ4n) is 5.25. The molecule has 0 bridgehead atoms. The maximum absolute atomic E-state index is 12.6. The molecule has 2 N–H and O–H groups in total. The van der Waals surface area contributed by atoms with E-state index in [0.29, 0.717) is 40.3 Å². The average Bonchev–Trinajstić information content (AvgIpc) is 3.29. The molecule has 1 unspecified atom stereocenters. The first-order valence-electron chi connectivity index (χ1n) is 12.5. The summed E-state index contributed by atoms with van der Waals surface area (Å²) >= 11 is 11.0. The third-order valence-electron chi connectivity index (χ3n) is 7.15. The lowest BCUT2D eigenvalue weighted by Gasteiger charge is -2.28. The highest BCUT2D eigenvalue weighted by Crippen LogP contribution is 2.39. The number of para-hydroxylation sites is 1. The van der Waals surface area contributed by atoms with Crippen LogP contribution >= 0.6 is 24.4 Å². The summed E-state index contributed by atoms with van der Waals surface area (Å²) in [7, 11) is 0. The first-order chi connectivity index (χ1) is 17.4. The zero-order valence-electron chi connectivity index (χ0n) is 20.5. The van der Waals surface area contributed by atoms with Crippen molar-refractivity contribution in [1.82, 2.24) is 19.4 Å². The molecule has 0 spiro atoms. The van der Waals surface area contributed by atoms with Gasteiger partial charge in [-0.2, -0.15) is 0 Å². The molecule has 186 valence electrons. The highest BCUT2D eigenvalue weighted by molar-refractivity contribution is 7.80. The standard InChI is InChI=1S/C28H30N4O2S2/c1-3-30-25(33)23(29-27(30)35)16-18-10-12-20-13-11-19(15-21(20)14-18)17-24-26(34)31(4-2)28(36)32(24)22-8-6-5-7-9-22/h5-9,14-17,20,34H,3-4,10-13H2,1-2H3,(H,29,35). The molecule has 1 aromatic carbocycles. The minimum absolute atomic E-state index is 0.0650. The van der Waals surface area contributed by atoms with Gasteiger partial charge in [-0.25, -0.2) is 0 Å². The predicted molar refractivity (Wildman–Crippen MR) is 149 cm³/mol. The van der Waals surface area contributed by atoms with Crippen molar-refractivity contribution in [2.75, 3.05) is 6.54 Å². The number of likely N-dealkylation sites (N-methyl/N-ethyl adjacent to an activating group) is 1. The molecular weight excluding hydrogens is 488 g/mol. The Kier molecular flexibility index (Phi) is 6.81. The zero-order chi connectivity index (χ0) is 25.4. The van der Waals surface area contributed by atoms with Crippen molar-refractivity contribution in [3.8, 4) is 11.6 Å². The van der Waals surface area contributed by atoms with Crippen molar-refractivity contribution in [3.63, 3.8) is 0 Å². The number of nitrogens with zero attached hydrogens (tertiary/aromatic N) is 3. The lowest BCUT2D eigenvalue weighted by Crippen LogP contribution is -2.30. The number of carbonyl (C=O) groups is 1. The Balaban J connectivity index is 1.52. The van der Waals surface area contributed by atoms with E-state index in [4.69, 9.17) is 24.4 Å². The van der Waals surface area contributed by atoms with Crippen molar-refractivity contribution in [2.45, 2.75) is 46.1 Å². The van der Waals surface area contributed by atoms with E-state index in [2.05, 4.69) is 23.5 Å². The molecule has 3 aliphatic rings. The van der Waals surface area contributed by atoms with Crippen LogP contribution in [-0.4, -0.2) is 36.7 Å². The minimum atomic E-state index is -0.0650. The zero-order valence-corrected chi connectivity index (χ0v) is 22.2. The number of thiocarbonyl (C=S) groups is 1. The Labute approximate surface area is 221 Å². The molecule has 1 aliphatic heterocycles. The van der Waals surface area contributed by atoms with Gasteiger partial charge in [-0.15, -0.1) is 0 Å². The summed E-state index contributed by atoms with van der Waals surface area (Å²) in [6, 6.07) is 9.92. The van der Waals surface area contributed by atoms with Crippen LogP contribution in [0.4, 0.5) is 0 Å². The number of benzene rings is 1. The molecule has 2 aromatic rings. The Morgan fingerprint density at radius 3 is 2.50 bits per heavy atom. The Morgan fingerprint density at radius 1 is 1.06 bits per heavy atom. The fraction of sp³-hybridized carbons (Fsp3) is 0.321. The van der Waals surface area contributed by atoms with Gasteiger partial charge < -0.3 is 10.4 Å². The van der Waals surface area contributed by atoms with Gasteiger partial charge in [0.2, 0.25) is 5.88 Å². The molecule has 6 nitrogen and oxygen atoms in total. The summed E-state index contributed by atoms with van der Waals surface area (Å²) in [6.45, 7) is 5.05. The number of nitrogens with one attached hydrogen (secondary N) is 1. The number of fused-ring (bicyclic) bond motifs is 1. The second-order valence-electron chi connectivity index (χ2n) is 9.30. The van der Waals surface area contributed by atoms with E-state index in [-0.39, 0.29) is 11.8 Å². The molecule has 1 atom stereocenters. The largest absolute Gasteiger partial charge is 0.493 e. The quantitative estimate of drug-likeness (QED) is 0.387. The maximum atomic E-state index is 12.6. The third-order valence-corrected chi connectivity index (χ3v) is 7.87. The number of aromatic nitrogens is 2. The summed E-state index contributed by atoms with van der Waals surface area (Å²) in [5.74, 6) is 0.630. The number of allylic oxidation sites excluding steroid dienone is 6. The number of amides is 1. The van der Waals surface area contributed by atoms with E-state index in [1.54, 1.807) is 9.47 Å². The van der Waals surface area contributed by atoms with Crippen molar-refractivity contribution >= 4 is 41.5 Å². The topological polar surface area (TPSA) is 62.4 Å². The molecule has 1 amide bonds. The van der Waals surface area contributed by atoms with Gasteiger partial charge in [0.1, 0.15) is 11.4 Å². The van der Waals surface area contributed by atoms with Gasteiger partial charge in [-0.3, -0.25) is 18.8 Å². The van der Waals surface area contributed by atoms with Crippen LogP contribution in [-0.2, 0) is 11.3 Å². The predicted octanol–water partition coefficient (Wildman–Crippen LogP) is 5.79. The van der Waals surface area contributed by atoms with Crippen LogP contribution < -0.4 is 5.32 Å². The summed E-state index contributed by atoms with van der Waals surface area (Å²) in [6.07, 6.45) is 12.4. The molecule has 0 radical (unpaired) electrons. The van der Waals surface area contributed by atoms with Crippen molar-refractivity contribution in [3.05, 3.63) is 81.4 Å². The van der Waals surface area contributed by atoms with Gasteiger partial charge in [-0.05, 0) is 111 Å². The second-order valence-corrected chi connectivity index (χ2v) is 10.1. The summed E-state index contributed by atoms with van der Waals surface area (Å²) in [4.78, 5) is 14.2. The molecule has 2 aliphatic carbocycles. The van der Waals surface area contributed by atoms with Gasteiger partial charge in [-0.1, -0.05) is 30.4 Å². The number of carbonyl (C=O) groups excluding carboxylic acids is 1. The number of aromatic hydroxyl groups is 1. The number of hydrogen-bond acceptors (Lipinski definition) is 4. The maximum Gasteiger partial charge on any atom is 0.276 e. The number of imidazole rings is 1. The lowest BCUT2D eigenvalue weighted by molar-refractivity contribution is -0.122. The smallest absolute Gasteiger partial charge is 0.276 e. The van der Waals surface area contributed by atoms with Crippen LogP contribution in [0.3, 0.4) is 0 Å². The van der Waals surface area contributed by atoms with Gasteiger partial charge in [0.15, 0.2) is 9.88 Å². The Morgan fingerprint density at radius 2 is 1.81 bits per heavy atom. The van der Waals surface area contributed by atoms with Crippen LogP contribution in [0.2, 0.25) is 0 Å². The third kappa shape index (κ3) is 4.40. The highest BCUT2D eigenvalue weighted by Gasteiger charge is 2.30. The van der Waals surface area contributed by atoms with E-state index in [9.17, 15) is 9.90 Å². The summed E-state index contributed by atoms with van der Waals surface area (Å²) < 4.78 is 4.28. The average molecular weight is 519 g/mol. The summed E-state index contributed by atoms with van der Waals surface area (Å²) in [5.41, 5.74) is 5.73. The van der Waals surface area contributed by atoms with Gasteiger partial charge in [0.05, 0.1) is 0 Å². The lowest BCUT2D eigenvalue weighted by atomic mass is 9.77. The molecule has 1 saturated heterocycles. The van der Waals surface area contributed by atoms with Crippen molar-refractivity contribution < 1.29 is 9.90 Å². The van der Waals surface area contributed by atoms with Gasteiger partial charge in [0, 0.05) is 18.8 Å². The first-order valence-corrected chi connectivity index (χ1v) is 13.3. The van der Waals surface area contributed by atoms with Gasteiger partial charge >= 0.3 is 0 Å². The molecule has 5 rings (SSSR count). The van der Waals surface area contributed by atoms with Crippen molar-refractivity contribution in [1.29, 1.82) is 0 Å². The normalized spacial score (nSPS) is 22.1. The van der Waals surface area contributed by atoms with E-state index >= 15 is 0 Å². The van der Waals surface area contributed by atoms with Crippen LogP contribution in [0, 0.1) is 10.7 Å². The molecule has 1 aromatic heterocycles. The highest BCUT2D eigenvalue weighted by atomic mass is 32.1. The van der Waals surface area contributed by atoms with Gasteiger partial charge in [0.25, 0.3) is 5.91 Å². The SMILES string of the molecule is CCN1C(=O)C(=CC2=CC3=CC(=Cc4c(O)n(CC)c(=S)n4-c4ccccc4)CCC3CC2)NC1=S. The second kappa shape index (κ2) is 10.0. The van der Waals surface area contributed by atoms with Crippen molar-refractivity contribution in [2.24, 2.45) is 5.92 Å². The van der Waals surface area contributed by atoms with Crippen LogP contribution in [0.25, 0.3) is 11.8 Å². The first kappa shape index (κ1) is 24.5. The minimum Gasteiger partial charge on any atom is -0.493 e. The van der Waals surface area contributed by atoms with E-state index in [0.717, 1.165) is 42.5 Å². The molecule has 8 heteroatoms. The van der Waals surface area contributed by atoms with Crippen LogP contribution in [0.5, 0.6) is 5.88 Å².